The monoisotopic (exact) mass is 1090 g/mol. The third kappa shape index (κ3) is 14.0. The van der Waals surface area contributed by atoms with Gasteiger partial charge in [-0.05, 0) is 117 Å². The Morgan fingerprint density at radius 1 is 0.910 bits per heavy atom. The minimum atomic E-state index is -1.84. The second-order valence-corrected chi connectivity index (χ2v) is 23.6. The van der Waals surface area contributed by atoms with Gasteiger partial charge in [0.1, 0.15) is 30.0 Å². The van der Waals surface area contributed by atoms with Gasteiger partial charge in [-0.25, -0.2) is 4.68 Å². The lowest BCUT2D eigenvalue weighted by Gasteiger charge is -2.49. The van der Waals surface area contributed by atoms with Crippen LogP contribution in [0.15, 0.2) is 59.9 Å². The fourth-order valence-corrected chi connectivity index (χ4v) is 12.2. The molecule has 5 heterocycles. The van der Waals surface area contributed by atoms with Gasteiger partial charge < -0.3 is 68.6 Å². The molecule has 78 heavy (non-hydrogen) atoms. The summed E-state index contributed by atoms with van der Waals surface area (Å²) in [5.74, 6) is -2.81. The number of benzene rings is 2. The van der Waals surface area contributed by atoms with E-state index in [0.29, 0.717) is 44.5 Å². The molecule has 19 atom stereocenters. The molecule has 0 bridgehead atoms. The summed E-state index contributed by atoms with van der Waals surface area (Å²) in [6.07, 6.45) is -6.38. The second-order valence-electron chi connectivity index (χ2n) is 23.6. The lowest BCUT2D eigenvalue weighted by atomic mass is 9.77. The largest absolute Gasteiger partial charge is 0.459 e. The number of hydrogen-bond donors (Lipinski definition) is 5. The van der Waals surface area contributed by atoms with Gasteiger partial charge in [-0.15, -0.1) is 5.10 Å². The molecule has 3 fully saturated rings. The first kappa shape index (κ1) is 61.2. The summed E-state index contributed by atoms with van der Waals surface area (Å²) in [4.78, 5) is 24.3. The molecule has 4 aliphatic rings. The summed E-state index contributed by atoms with van der Waals surface area (Å²) < 4.78 is 40.2. The summed E-state index contributed by atoms with van der Waals surface area (Å²) in [7, 11) is 5.28. The molecule has 20 heteroatoms. The first-order valence-corrected chi connectivity index (χ1v) is 27.8. The summed E-state index contributed by atoms with van der Waals surface area (Å²) >= 11 is 0. The molecule has 20 nitrogen and oxygen atoms in total. The average molecular weight is 1090 g/mol. The van der Waals surface area contributed by atoms with Crippen LogP contribution in [-0.2, 0) is 51.0 Å². The van der Waals surface area contributed by atoms with E-state index in [4.69, 9.17) is 38.5 Å². The minimum Gasteiger partial charge on any atom is -0.459 e. The number of cyclic esters (lactones) is 1. The Morgan fingerprint density at radius 3 is 2.21 bits per heavy atom. The van der Waals surface area contributed by atoms with E-state index < -0.39 is 102 Å². The molecule has 0 saturated carbocycles. The Labute approximate surface area is 460 Å². The van der Waals surface area contributed by atoms with E-state index in [1.54, 1.807) is 58.4 Å². The zero-order valence-electron chi connectivity index (χ0n) is 47.9. The fourth-order valence-electron chi connectivity index (χ4n) is 12.2. The third-order valence-electron chi connectivity index (χ3n) is 17.1. The number of rotatable bonds is 14. The number of likely N-dealkylation sites (N-methyl/N-ethyl adjacent to an activating group) is 2. The molecule has 5 N–H and O–H groups in total. The van der Waals surface area contributed by atoms with Crippen molar-refractivity contribution in [1.82, 2.24) is 24.8 Å². The predicted molar refractivity (Wildman–Crippen MR) is 289 cm³/mol. The number of aromatic nitrogens is 3. The molecule has 1 aromatic heterocycles. The van der Waals surface area contributed by atoms with Gasteiger partial charge in [0.15, 0.2) is 18.7 Å². The highest BCUT2D eigenvalue weighted by molar-refractivity contribution is 6.01. The molecule has 432 valence electrons. The third-order valence-corrected chi connectivity index (χ3v) is 17.1. The average Bonchev–Trinajstić information content (AvgIpc) is 4.08. The molecule has 0 radical (unpaired) electrons. The second kappa shape index (κ2) is 25.5. The Morgan fingerprint density at radius 2 is 1.56 bits per heavy atom. The lowest BCUT2D eigenvalue weighted by molar-refractivity contribution is -0.318. The van der Waals surface area contributed by atoms with E-state index in [2.05, 4.69) is 26.4 Å². The van der Waals surface area contributed by atoms with Crippen molar-refractivity contribution >= 4 is 11.7 Å². The molecular formula is C58H87N7O13. The molecule has 0 unspecified atom stereocenters. The fraction of sp³-hybridized carbons (Fsp3) is 0.707. The highest BCUT2D eigenvalue weighted by atomic mass is 16.7. The number of aliphatic hydroxyl groups excluding tert-OH is 3. The van der Waals surface area contributed by atoms with Crippen molar-refractivity contribution in [3.05, 3.63) is 71.5 Å². The number of aliphatic hydroxyl groups is 5. The lowest BCUT2D eigenvalue weighted by Crippen LogP contribution is -2.61. The highest BCUT2D eigenvalue weighted by Gasteiger charge is 2.53. The van der Waals surface area contributed by atoms with Crippen molar-refractivity contribution in [2.24, 2.45) is 22.9 Å². The van der Waals surface area contributed by atoms with Crippen LogP contribution in [0, 0.1) is 29.1 Å². The van der Waals surface area contributed by atoms with Gasteiger partial charge >= 0.3 is 5.97 Å². The molecular weight excluding hydrogens is 1000 g/mol. The first-order chi connectivity index (χ1) is 36.8. The number of esters is 1. The molecule has 3 aromatic rings. The maximum absolute atomic E-state index is 14.5. The van der Waals surface area contributed by atoms with Gasteiger partial charge in [-0.3, -0.25) is 4.79 Å². The smallest absolute Gasteiger partial charge is 0.311 e. The van der Waals surface area contributed by atoms with Gasteiger partial charge in [0, 0.05) is 63.7 Å². The molecule has 3 saturated heterocycles. The van der Waals surface area contributed by atoms with Crippen LogP contribution in [0.4, 0.5) is 0 Å². The van der Waals surface area contributed by atoms with Gasteiger partial charge in [0.05, 0.1) is 71.1 Å². The van der Waals surface area contributed by atoms with Crippen molar-refractivity contribution in [3.63, 3.8) is 0 Å². The number of ether oxygens (including phenoxy) is 6. The van der Waals surface area contributed by atoms with E-state index in [1.165, 1.54) is 14.0 Å². The van der Waals surface area contributed by atoms with Crippen molar-refractivity contribution in [3.8, 4) is 17.2 Å². The van der Waals surface area contributed by atoms with Crippen LogP contribution in [0.2, 0.25) is 0 Å². The highest BCUT2D eigenvalue weighted by Crippen LogP contribution is 2.40. The Kier molecular flexibility index (Phi) is 20.0. The SMILES string of the molecule is CC[C@H]1OC(=O)[C@H](C)[C@@H](O[C@H]2C[C@@](C)(OC)[C@@H](O)[C@H](C)O2)[C@H](C)[C@@H](O[C@@H]2O[C@H](C)C[C@H](N(C)CCc3cn(C[C@H]4CC(c5ccc(-c6ccc(C#N)cc6)cc5)=NO4)nn3)[C@H]2O)[C@](C)(O)C[C@@H](C)CN(C)[C@H](C)[C@@H](O)[C@]1(C)O. The van der Waals surface area contributed by atoms with E-state index in [-0.39, 0.29) is 37.4 Å². The molecule has 7 rings (SSSR count). The summed E-state index contributed by atoms with van der Waals surface area (Å²) in [5.41, 5.74) is 0.693. The topological polar surface area (TPSA) is 256 Å². The molecule has 0 aliphatic carbocycles. The van der Waals surface area contributed by atoms with Crippen molar-refractivity contribution in [1.29, 1.82) is 5.26 Å². The Hall–Kier alpha value is -4.47. The predicted octanol–water partition coefficient (Wildman–Crippen LogP) is 4.84. The van der Waals surface area contributed by atoms with Crippen LogP contribution in [-0.4, -0.2) is 193 Å². The maximum Gasteiger partial charge on any atom is 0.311 e. The number of carbonyl (C=O) groups excluding carboxylic acids is 1. The molecule has 0 amide bonds. The van der Waals surface area contributed by atoms with Crippen molar-refractivity contribution < 1.29 is 63.6 Å². The number of carbonyl (C=O) groups is 1. The standard InChI is InChI=1S/C58H87N7O13/c1-14-47-58(10,71)51(67)37(6)64(12)30-33(2)27-56(8,70)53(35(4)50(36(5)54(69)75-47)76-48-28-57(9,72-13)52(68)38(7)74-48)77-55-49(66)46(25-34(3)73-55)63(11)24-23-43-31-65(62-60-43)32-44-26-45(61-78-44)42-21-19-41(20-22-42)40-17-15-39(29-59)16-18-40/h15-22,31,33-38,44,46-53,55,66-68,70-71H,14,23-28,30,32H2,1-13H3/t33-,34-,35+,36-,37-,38+,44-,46+,47-,48+,49-,50+,51-,52+,53-,55+,56-,57-,58-/m1/s1. The van der Waals surface area contributed by atoms with Crippen LogP contribution in [0.1, 0.15) is 118 Å². The van der Waals surface area contributed by atoms with Gasteiger partial charge in [0.2, 0.25) is 0 Å². The zero-order chi connectivity index (χ0) is 57.0. The number of hydrogen-bond acceptors (Lipinski definition) is 19. The Bertz CT molecular complexity index is 2500. The summed E-state index contributed by atoms with van der Waals surface area (Å²) in [5, 5.41) is 82.3. The van der Waals surface area contributed by atoms with Crippen LogP contribution in [0.5, 0.6) is 0 Å². The number of methoxy groups -OCH3 is 1. The number of oxime groups is 1. The van der Waals surface area contributed by atoms with Crippen LogP contribution in [0.25, 0.3) is 11.1 Å². The van der Waals surface area contributed by atoms with Gasteiger partial charge in [0.25, 0.3) is 0 Å². The van der Waals surface area contributed by atoms with Gasteiger partial charge in [-0.1, -0.05) is 67.5 Å². The van der Waals surface area contributed by atoms with Crippen LogP contribution < -0.4 is 0 Å². The Balaban J connectivity index is 1.06. The summed E-state index contributed by atoms with van der Waals surface area (Å²) in [6.45, 7) is 18.9. The zero-order valence-corrected chi connectivity index (χ0v) is 47.9. The number of nitrogens with zero attached hydrogens (tertiary/aromatic N) is 7. The summed E-state index contributed by atoms with van der Waals surface area (Å²) in [6, 6.07) is 16.7. The van der Waals surface area contributed by atoms with Crippen LogP contribution in [0.3, 0.4) is 0 Å². The van der Waals surface area contributed by atoms with Gasteiger partial charge in [-0.2, -0.15) is 5.26 Å². The van der Waals surface area contributed by atoms with E-state index in [0.717, 1.165) is 28.1 Å². The maximum atomic E-state index is 14.5. The minimum absolute atomic E-state index is 0.0957. The van der Waals surface area contributed by atoms with E-state index >= 15 is 0 Å². The van der Waals surface area contributed by atoms with Crippen molar-refractivity contribution in [2.45, 2.75) is 211 Å². The van der Waals surface area contributed by atoms with Crippen molar-refractivity contribution in [2.75, 3.05) is 34.3 Å². The normalized spacial score (nSPS) is 38.6. The first-order valence-electron chi connectivity index (χ1n) is 27.8. The molecule has 0 spiro atoms. The van der Waals surface area contributed by atoms with E-state index in [9.17, 15) is 30.3 Å². The molecule has 4 aliphatic heterocycles. The quantitative estimate of drug-likeness (QED) is 0.135. The van der Waals surface area contributed by atoms with Crippen LogP contribution >= 0.6 is 0 Å². The number of nitriles is 1. The molecule has 2 aromatic carbocycles. The van der Waals surface area contributed by atoms with E-state index in [1.807, 2.05) is 82.4 Å².